The van der Waals surface area contributed by atoms with Crippen LogP contribution in [0, 0.1) is 11.3 Å². The lowest BCUT2D eigenvalue weighted by Gasteiger charge is -2.27. The van der Waals surface area contributed by atoms with Gasteiger partial charge in [0.05, 0.1) is 29.2 Å². The number of anilines is 1. The van der Waals surface area contributed by atoms with E-state index >= 15 is 0 Å². The number of nitrogens with zero attached hydrogens (tertiary/aromatic N) is 1. The summed E-state index contributed by atoms with van der Waals surface area (Å²) in [7, 11) is 0. The highest BCUT2D eigenvalue weighted by Gasteiger charge is 2.37. The van der Waals surface area contributed by atoms with Crippen molar-refractivity contribution in [2.45, 2.75) is 26.7 Å². The monoisotopic (exact) mass is 555 g/mol. The highest BCUT2D eigenvalue weighted by Crippen LogP contribution is 2.45. The third-order valence-corrected chi connectivity index (χ3v) is 5.76. The minimum absolute atomic E-state index is 0.0638. The van der Waals surface area contributed by atoms with Crippen LogP contribution in [0.25, 0.3) is 0 Å². The number of allylic oxidation sites excluding steroid dienone is 2. The molecule has 0 bridgehead atoms. The summed E-state index contributed by atoms with van der Waals surface area (Å²) in [4.78, 5) is 25.2. The van der Waals surface area contributed by atoms with E-state index in [1.807, 2.05) is 24.3 Å². The lowest BCUT2D eigenvalue weighted by atomic mass is 9.83. The molecule has 9 nitrogen and oxygen atoms in total. The normalized spacial score (nSPS) is 15.0. The fourth-order valence-corrected chi connectivity index (χ4v) is 4.28. The Morgan fingerprint density at radius 1 is 1.17 bits per heavy atom. The van der Waals surface area contributed by atoms with Crippen molar-refractivity contribution in [1.82, 2.24) is 0 Å². The third-order valence-electron chi connectivity index (χ3n) is 5.17. The molecular formula is C26H26BrN3O6. The van der Waals surface area contributed by atoms with Crippen molar-refractivity contribution in [3.05, 3.63) is 75.3 Å². The standard InChI is InChI=1S/C26H26BrN3O6/c1-4-33-20-12-16(23-18(13-28)25(29)36-15(3)22(23)26(32)34-5-2)11-19(27)24(20)35-14-21(31)30-17-9-7-6-8-10-17/h6-12,23H,4-5,14,29H2,1-3H3,(H,30,31). The maximum absolute atomic E-state index is 12.8. The summed E-state index contributed by atoms with van der Waals surface area (Å²) in [6, 6.07) is 14.4. The van der Waals surface area contributed by atoms with Gasteiger partial charge in [-0.05, 0) is 66.5 Å². The van der Waals surface area contributed by atoms with Crippen LogP contribution in [-0.2, 0) is 19.1 Å². The molecule has 188 valence electrons. The van der Waals surface area contributed by atoms with Crippen molar-refractivity contribution < 1.29 is 28.5 Å². The largest absolute Gasteiger partial charge is 0.490 e. The summed E-state index contributed by atoms with van der Waals surface area (Å²) in [5.74, 6) is -1.07. The summed E-state index contributed by atoms with van der Waals surface area (Å²) < 4.78 is 22.7. The van der Waals surface area contributed by atoms with Crippen LogP contribution in [0.1, 0.15) is 32.3 Å². The molecule has 0 aliphatic carbocycles. The number of halogens is 1. The van der Waals surface area contributed by atoms with Crippen molar-refractivity contribution in [2.24, 2.45) is 5.73 Å². The molecule has 1 aliphatic heterocycles. The molecule has 0 fully saturated rings. The summed E-state index contributed by atoms with van der Waals surface area (Å²) in [5, 5.41) is 12.6. The number of amides is 1. The van der Waals surface area contributed by atoms with Crippen LogP contribution >= 0.6 is 15.9 Å². The zero-order valence-corrected chi connectivity index (χ0v) is 21.7. The molecule has 36 heavy (non-hydrogen) atoms. The molecule has 1 heterocycles. The van der Waals surface area contributed by atoms with Gasteiger partial charge in [0.2, 0.25) is 5.88 Å². The second-order valence-corrected chi connectivity index (χ2v) is 8.44. The number of nitriles is 1. The highest BCUT2D eigenvalue weighted by atomic mass is 79.9. The molecule has 0 radical (unpaired) electrons. The minimum atomic E-state index is -0.853. The molecule has 0 saturated carbocycles. The molecule has 0 spiro atoms. The number of ether oxygens (including phenoxy) is 4. The van der Waals surface area contributed by atoms with Gasteiger partial charge in [-0.1, -0.05) is 18.2 Å². The zero-order valence-electron chi connectivity index (χ0n) is 20.1. The number of nitrogens with one attached hydrogen (secondary N) is 1. The van der Waals surface area contributed by atoms with Crippen LogP contribution in [0.15, 0.2) is 69.7 Å². The van der Waals surface area contributed by atoms with Gasteiger partial charge in [-0.25, -0.2) is 4.79 Å². The van der Waals surface area contributed by atoms with Gasteiger partial charge in [-0.3, -0.25) is 4.79 Å². The van der Waals surface area contributed by atoms with Crippen LogP contribution in [-0.4, -0.2) is 31.7 Å². The molecule has 2 aromatic rings. The zero-order chi connectivity index (χ0) is 26.2. The Bertz CT molecular complexity index is 1250. The van der Waals surface area contributed by atoms with Crippen molar-refractivity contribution in [1.29, 1.82) is 5.26 Å². The average Bonchev–Trinajstić information content (AvgIpc) is 2.84. The molecule has 3 N–H and O–H groups in total. The first-order chi connectivity index (χ1) is 17.3. The van der Waals surface area contributed by atoms with Gasteiger partial charge in [-0.2, -0.15) is 5.26 Å². The number of esters is 1. The molecule has 1 aliphatic rings. The predicted octanol–water partition coefficient (Wildman–Crippen LogP) is 4.51. The first-order valence-electron chi connectivity index (χ1n) is 11.2. The van der Waals surface area contributed by atoms with Crippen molar-refractivity contribution >= 4 is 33.5 Å². The molecule has 3 rings (SSSR count). The number of carbonyl (C=O) groups excluding carboxylic acids is 2. The van der Waals surface area contributed by atoms with Gasteiger partial charge < -0.3 is 30.0 Å². The molecule has 1 atom stereocenters. The van der Waals surface area contributed by atoms with Crippen molar-refractivity contribution in [3.8, 4) is 17.6 Å². The second kappa shape index (κ2) is 12.1. The SMILES string of the molecule is CCOC(=O)C1=C(C)OC(N)=C(C#N)C1c1cc(Br)c(OCC(=O)Nc2ccccc2)c(OCC)c1. The summed E-state index contributed by atoms with van der Waals surface area (Å²) in [5.41, 5.74) is 7.38. The molecule has 1 unspecified atom stereocenters. The summed E-state index contributed by atoms with van der Waals surface area (Å²) in [6.07, 6.45) is 0. The maximum atomic E-state index is 12.8. The first kappa shape index (κ1) is 26.6. The van der Waals surface area contributed by atoms with E-state index in [0.717, 1.165) is 0 Å². The number of para-hydroxylation sites is 1. The van der Waals surface area contributed by atoms with Gasteiger partial charge in [0.1, 0.15) is 17.4 Å². The first-order valence-corrected chi connectivity index (χ1v) is 12.0. The van der Waals surface area contributed by atoms with Gasteiger partial charge in [0.15, 0.2) is 18.1 Å². The van der Waals surface area contributed by atoms with E-state index < -0.39 is 11.9 Å². The van der Waals surface area contributed by atoms with Crippen LogP contribution in [0.5, 0.6) is 11.5 Å². The van der Waals surface area contributed by atoms with Crippen LogP contribution in [0.4, 0.5) is 5.69 Å². The van der Waals surface area contributed by atoms with Crippen LogP contribution in [0.3, 0.4) is 0 Å². The Hall–Kier alpha value is -3.97. The van der Waals surface area contributed by atoms with E-state index in [1.165, 1.54) is 0 Å². The Balaban J connectivity index is 1.97. The van der Waals surface area contributed by atoms with E-state index in [-0.39, 0.29) is 41.9 Å². The van der Waals surface area contributed by atoms with Crippen molar-refractivity contribution in [2.75, 3.05) is 25.1 Å². The van der Waals surface area contributed by atoms with E-state index in [1.54, 1.807) is 45.0 Å². The number of hydrogen-bond donors (Lipinski definition) is 2. The van der Waals surface area contributed by atoms with E-state index in [9.17, 15) is 14.9 Å². The predicted molar refractivity (Wildman–Crippen MR) is 136 cm³/mol. The Kier molecular flexibility index (Phi) is 8.97. The lowest BCUT2D eigenvalue weighted by Crippen LogP contribution is -2.25. The Morgan fingerprint density at radius 2 is 1.89 bits per heavy atom. The number of hydrogen-bond acceptors (Lipinski definition) is 8. The quantitative estimate of drug-likeness (QED) is 0.431. The van der Waals surface area contributed by atoms with Crippen molar-refractivity contribution in [3.63, 3.8) is 0 Å². The topological polar surface area (TPSA) is 133 Å². The smallest absolute Gasteiger partial charge is 0.338 e. The number of rotatable bonds is 9. The average molecular weight is 556 g/mol. The number of benzene rings is 2. The fraction of sp³-hybridized carbons (Fsp3) is 0.269. The number of nitrogens with two attached hydrogens (primary N) is 1. The molecule has 0 saturated heterocycles. The molecule has 2 aromatic carbocycles. The molecule has 1 amide bonds. The van der Waals surface area contributed by atoms with E-state index in [2.05, 4.69) is 21.2 Å². The van der Waals surface area contributed by atoms with Gasteiger partial charge in [0.25, 0.3) is 5.91 Å². The highest BCUT2D eigenvalue weighted by molar-refractivity contribution is 9.10. The van der Waals surface area contributed by atoms with Gasteiger partial charge in [-0.15, -0.1) is 0 Å². The van der Waals surface area contributed by atoms with Gasteiger partial charge in [0, 0.05) is 5.69 Å². The molecule has 10 heteroatoms. The Morgan fingerprint density at radius 3 is 2.53 bits per heavy atom. The lowest BCUT2D eigenvalue weighted by molar-refractivity contribution is -0.139. The fourth-order valence-electron chi connectivity index (χ4n) is 3.70. The minimum Gasteiger partial charge on any atom is -0.490 e. The van der Waals surface area contributed by atoms with E-state index in [4.69, 9.17) is 24.7 Å². The maximum Gasteiger partial charge on any atom is 0.338 e. The van der Waals surface area contributed by atoms with Crippen LogP contribution in [0.2, 0.25) is 0 Å². The van der Waals surface area contributed by atoms with Gasteiger partial charge >= 0.3 is 5.97 Å². The Labute approximate surface area is 217 Å². The summed E-state index contributed by atoms with van der Waals surface area (Å²) in [6.45, 7) is 5.25. The van der Waals surface area contributed by atoms with Crippen LogP contribution < -0.4 is 20.5 Å². The summed E-state index contributed by atoms with van der Waals surface area (Å²) >= 11 is 3.48. The third kappa shape index (κ3) is 5.98. The molecular weight excluding hydrogens is 530 g/mol. The van der Waals surface area contributed by atoms with E-state index in [0.29, 0.717) is 33.8 Å². The molecule has 0 aromatic heterocycles. The number of carbonyl (C=O) groups is 2. The second-order valence-electron chi connectivity index (χ2n) is 7.58.